The van der Waals surface area contributed by atoms with E-state index in [4.69, 9.17) is 0 Å². The van der Waals surface area contributed by atoms with Crippen LogP contribution in [0.4, 0.5) is 4.39 Å². The molecule has 2 fully saturated rings. The first-order valence-electron chi connectivity index (χ1n) is 8.33. The van der Waals surface area contributed by atoms with Crippen LogP contribution >= 0.6 is 0 Å². The van der Waals surface area contributed by atoms with Crippen molar-refractivity contribution in [1.82, 2.24) is 9.21 Å². The molecule has 2 aliphatic rings. The SMILES string of the molecule is CC(C)N1CCCC2(CCN(S(=O)(=O)c3cccc(F)c3)C2)C1=O. The Morgan fingerprint density at radius 3 is 2.62 bits per heavy atom. The molecule has 7 heteroatoms. The van der Waals surface area contributed by atoms with E-state index < -0.39 is 21.3 Å². The summed E-state index contributed by atoms with van der Waals surface area (Å²) >= 11 is 0. The van der Waals surface area contributed by atoms with E-state index >= 15 is 0 Å². The van der Waals surface area contributed by atoms with E-state index in [9.17, 15) is 17.6 Å². The van der Waals surface area contributed by atoms with E-state index in [1.165, 1.54) is 22.5 Å². The molecule has 2 saturated heterocycles. The maximum Gasteiger partial charge on any atom is 0.243 e. The highest BCUT2D eigenvalue weighted by molar-refractivity contribution is 7.89. The number of halogens is 1. The number of carbonyl (C=O) groups excluding carboxylic acids is 1. The average Bonchev–Trinajstić information content (AvgIpc) is 2.96. The minimum Gasteiger partial charge on any atom is -0.340 e. The molecule has 2 aliphatic heterocycles. The molecule has 0 aliphatic carbocycles. The molecule has 5 nitrogen and oxygen atoms in total. The van der Waals surface area contributed by atoms with Gasteiger partial charge < -0.3 is 4.90 Å². The normalized spacial score (nSPS) is 25.8. The van der Waals surface area contributed by atoms with Gasteiger partial charge in [0.15, 0.2) is 0 Å². The van der Waals surface area contributed by atoms with Crippen molar-refractivity contribution >= 4 is 15.9 Å². The Morgan fingerprint density at radius 2 is 1.96 bits per heavy atom. The largest absolute Gasteiger partial charge is 0.340 e. The predicted octanol–water partition coefficient (Wildman–Crippen LogP) is 2.24. The van der Waals surface area contributed by atoms with Crippen LogP contribution in [0.3, 0.4) is 0 Å². The summed E-state index contributed by atoms with van der Waals surface area (Å²) in [6.45, 7) is 5.18. The van der Waals surface area contributed by atoms with Gasteiger partial charge in [0, 0.05) is 25.7 Å². The molecule has 0 N–H and O–H groups in total. The first kappa shape index (κ1) is 17.4. The summed E-state index contributed by atoms with van der Waals surface area (Å²) in [7, 11) is -3.78. The number of rotatable bonds is 3. The second-order valence-corrected chi connectivity index (χ2v) is 8.96. The van der Waals surface area contributed by atoms with Crippen molar-refractivity contribution in [2.75, 3.05) is 19.6 Å². The number of carbonyl (C=O) groups is 1. The Hall–Kier alpha value is -1.47. The van der Waals surface area contributed by atoms with Crippen LogP contribution in [0.15, 0.2) is 29.2 Å². The Labute approximate surface area is 142 Å². The molecule has 3 rings (SSSR count). The van der Waals surface area contributed by atoms with Crippen LogP contribution in [-0.2, 0) is 14.8 Å². The molecule has 2 heterocycles. The number of hydrogen-bond acceptors (Lipinski definition) is 3. The quantitative estimate of drug-likeness (QED) is 0.836. The van der Waals surface area contributed by atoms with Gasteiger partial charge in [0.2, 0.25) is 15.9 Å². The van der Waals surface area contributed by atoms with Crippen molar-refractivity contribution in [2.24, 2.45) is 5.41 Å². The lowest BCUT2D eigenvalue weighted by molar-refractivity contribution is -0.147. The third-order valence-corrected chi connectivity index (χ3v) is 6.99. The predicted molar refractivity (Wildman–Crippen MR) is 88.3 cm³/mol. The van der Waals surface area contributed by atoms with E-state index in [1.807, 2.05) is 18.7 Å². The van der Waals surface area contributed by atoms with Crippen molar-refractivity contribution < 1.29 is 17.6 Å². The van der Waals surface area contributed by atoms with Gasteiger partial charge in [0.05, 0.1) is 10.3 Å². The fourth-order valence-electron chi connectivity index (χ4n) is 3.79. The Morgan fingerprint density at radius 1 is 1.21 bits per heavy atom. The zero-order chi connectivity index (χ0) is 17.5. The van der Waals surface area contributed by atoms with Gasteiger partial charge in [0.1, 0.15) is 5.82 Å². The molecule has 0 radical (unpaired) electrons. The van der Waals surface area contributed by atoms with Crippen molar-refractivity contribution in [3.8, 4) is 0 Å². The van der Waals surface area contributed by atoms with Gasteiger partial charge in [0.25, 0.3) is 0 Å². The molecule has 1 amide bonds. The molecule has 24 heavy (non-hydrogen) atoms. The minimum atomic E-state index is -3.78. The highest BCUT2D eigenvalue weighted by atomic mass is 32.2. The highest BCUT2D eigenvalue weighted by Crippen LogP contribution is 2.42. The minimum absolute atomic E-state index is 0.0523. The van der Waals surface area contributed by atoms with Gasteiger partial charge in [-0.15, -0.1) is 0 Å². The molecule has 0 bridgehead atoms. The number of benzene rings is 1. The van der Waals surface area contributed by atoms with Crippen LogP contribution in [-0.4, -0.2) is 49.2 Å². The maximum atomic E-state index is 13.4. The molecular formula is C17H23FN2O3S. The van der Waals surface area contributed by atoms with Crippen LogP contribution in [0.1, 0.15) is 33.1 Å². The zero-order valence-corrected chi connectivity index (χ0v) is 14.9. The number of amides is 1. The second kappa shape index (κ2) is 6.11. The number of hydrogen-bond donors (Lipinski definition) is 0. The third-order valence-electron chi connectivity index (χ3n) is 5.14. The topological polar surface area (TPSA) is 57.7 Å². The van der Waals surface area contributed by atoms with Crippen LogP contribution in [0.2, 0.25) is 0 Å². The number of nitrogens with zero attached hydrogens (tertiary/aromatic N) is 2. The van der Waals surface area contributed by atoms with Crippen molar-refractivity contribution in [3.05, 3.63) is 30.1 Å². The maximum absolute atomic E-state index is 13.4. The van der Waals surface area contributed by atoms with E-state index in [0.29, 0.717) is 19.4 Å². The number of sulfonamides is 1. The smallest absolute Gasteiger partial charge is 0.243 e. The summed E-state index contributed by atoms with van der Waals surface area (Å²) in [6.07, 6.45) is 2.13. The molecule has 1 spiro atoms. The van der Waals surface area contributed by atoms with E-state index in [1.54, 1.807) is 0 Å². The fraction of sp³-hybridized carbons (Fsp3) is 0.588. The fourth-order valence-corrected chi connectivity index (χ4v) is 5.35. The lowest BCUT2D eigenvalue weighted by Gasteiger charge is -2.41. The molecule has 132 valence electrons. The lowest BCUT2D eigenvalue weighted by Crippen LogP contribution is -2.52. The number of likely N-dealkylation sites (tertiary alicyclic amines) is 1. The number of piperidine rings is 1. The van der Waals surface area contributed by atoms with Crippen LogP contribution in [0.25, 0.3) is 0 Å². The summed E-state index contributed by atoms with van der Waals surface area (Å²) in [4.78, 5) is 14.7. The summed E-state index contributed by atoms with van der Waals surface area (Å²) in [5.74, 6) is -0.523. The molecule has 1 unspecified atom stereocenters. The van der Waals surface area contributed by atoms with Gasteiger partial charge >= 0.3 is 0 Å². The highest BCUT2D eigenvalue weighted by Gasteiger charge is 2.51. The van der Waals surface area contributed by atoms with Gasteiger partial charge in [-0.1, -0.05) is 6.07 Å². The van der Waals surface area contributed by atoms with Gasteiger partial charge in [-0.05, 0) is 51.3 Å². The standard InChI is InChI=1S/C17H23FN2O3S/c1-13(2)20-9-4-7-17(16(20)21)8-10-19(12-17)24(22,23)15-6-3-5-14(18)11-15/h3,5-6,11,13H,4,7-10,12H2,1-2H3. The van der Waals surface area contributed by atoms with Crippen LogP contribution in [0, 0.1) is 11.2 Å². The molecule has 1 aromatic rings. The Kier molecular flexibility index (Phi) is 4.42. The average molecular weight is 354 g/mol. The van der Waals surface area contributed by atoms with Crippen LogP contribution < -0.4 is 0 Å². The Balaban J connectivity index is 1.86. The molecule has 1 aromatic carbocycles. The molecular weight excluding hydrogens is 331 g/mol. The van der Waals surface area contributed by atoms with Gasteiger partial charge in [-0.3, -0.25) is 4.79 Å². The first-order valence-corrected chi connectivity index (χ1v) is 9.77. The van der Waals surface area contributed by atoms with E-state index in [-0.39, 0.29) is 23.4 Å². The van der Waals surface area contributed by atoms with Crippen LogP contribution in [0.5, 0.6) is 0 Å². The van der Waals surface area contributed by atoms with Crippen molar-refractivity contribution in [2.45, 2.75) is 44.0 Å². The summed E-state index contributed by atoms with van der Waals surface area (Å²) in [6, 6.07) is 5.15. The third kappa shape index (κ3) is 2.84. The van der Waals surface area contributed by atoms with Gasteiger partial charge in [-0.2, -0.15) is 4.31 Å². The monoisotopic (exact) mass is 354 g/mol. The summed E-state index contributed by atoms with van der Waals surface area (Å²) in [5.41, 5.74) is -0.622. The first-order chi connectivity index (χ1) is 11.3. The van der Waals surface area contributed by atoms with E-state index in [2.05, 4.69) is 0 Å². The summed E-state index contributed by atoms with van der Waals surface area (Å²) < 4.78 is 40.3. The van der Waals surface area contributed by atoms with Crippen molar-refractivity contribution in [3.63, 3.8) is 0 Å². The van der Waals surface area contributed by atoms with Crippen molar-refractivity contribution in [1.29, 1.82) is 0 Å². The molecule has 0 aromatic heterocycles. The van der Waals surface area contributed by atoms with Gasteiger partial charge in [-0.25, -0.2) is 12.8 Å². The lowest BCUT2D eigenvalue weighted by atomic mass is 9.78. The molecule has 0 saturated carbocycles. The summed E-state index contributed by atoms with van der Waals surface area (Å²) in [5, 5.41) is 0. The Bertz CT molecular complexity index is 750. The zero-order valence-electron chi connectivity index (χ0n) is 14.0. The second-order valence-electron chi connectivity index (χ2n) is 7.02. The van der Waals surface area contributed by atoms with E-state index in [0.717, 1.165) is 19.0 Å². The molecule has 1 atom stereocenters.